The number of anilines is 1. The first-order valence-corrected chi connectivity index (χ1v) is 8.52. The predicted molar refractivity (Wildman–Crippen MR) is 91.3 cm³/mol. The fourth-order valence-electron chi connectivity index (χ4n) is 2.94. The van der Waals surface area contributed by atoms with E-state index in [1.54, 1.807) is 31.2 Å². The van der Waals surface area contributed by atoms with E-state index in [9.17, 15) is 14.4 Å². The molecule has 1 saturated heterocycles. The van der Waals surface area contributed by atoms with Crippen molar-refractivity contribution in [1.29, 1.82) is 0 Å². The molecule has 0 unspecified atom stereocenters. The number of nitrogens with one attached hydrogen (secondary N) is 2. The van der Waals surface area contributed by atoms with Crippen LogP contribution in [0, 0.1) is 5.92 Å². The molecule has 0 spiro atoms. The molecule has 2 rings (SSSR count). The van der Waals surface area contributed by atoms with Gasteiger partial charge in [0.25, 0.3) is 5.91 Å². The van der Waals surface area contributed by atoms with Gasteiger partial charge in [-0.2, -0.15) is 0 Å². The van der Waals surface area contributed by atoms with E-state index in [1.165, 1.54) is 7.11 Å². The molecule has 0 bridgehead atoms. The van der Waals surface area contributed by atoms with Gasteiger partial charge in [0, 0.05) is 18.5 Å². The Labute approximate surface area is 147 Å². The molecule has 2 N–H and O–H groups in total. The van der Waals surface area contributed by atoms with E-state index in [2.05, 4.69) is 10.1 Å². The lowest BCUT2D eigenvalue weighted by molar-refractivity contribution is -0.897. The van der Waals surface area contributed by atoms with Gasteiger partial charge in [0.15, 0.2) is 6.54 Å². The van der Waals surface area contributed by atoms with Crippen LogP contribution in [0.15, 0.2) is 24.3 Å². The van der Waals surface area contributed by atoms with Gasteiger partial charge in [0.2, 0.25) is 0 Å². The normalized spacial score (nSPS) is 19.8. The van der Waals surface area contributed by atoms with Gasteiger partial charge in [-0.15, -0.1) is 0 Å². The van der Waals surface area contributed by atoms with E-state index in [0.717, 1.165) is 30.8 Å². The topological polar surface area (TPSA) is 86.1 Å². The van der Waals surface area contributed by atoms with E-state index in [0.29, 0.717) is 24.4 Å². The number of methoxy groups -OCH3 is 1. The third kappa shape index (κ3) is 5.56. The average Bonchev–Trinajstić information content (AvgIpc) is 2.62. The van der Waals surface area contributed by atoms with Gasteiger partial charge in [-0.05, 0) is 31.2 Å². The predicted octanol–water partition coefficient (Wildman–Crippen LogP) is 0.270. The standard InChI is InChI=1S/C18H24N2O5/c1-3-25-18(23)14-8-10-20(11-9-14)12-16(21)19-15-6-4-13(5-7-15)17(22)24-2/h4-7,14H,3,8-12H2,1-2H3,(H,19,21)/p+1. The molecule has 1 aromatic rings. The Morgan fingerprint density at radius 1 is 1.16 bits per heavy atom. The molecule has 136 valence electrons. The van der Waals surface area contributed by atoms with E-state index < -0.39 is 5.97 Å². The summed E-state index contributed by atoms with van der Waals surface area (Å²) in [6.45, 7) is 4.12. The highest BCUT2D eigenvalue weighted by Crippen LogP contribution is 2.12. The second kappa shape index (κ2) is 9.17. The van der Waals surface area contributed by atoms with Crippen LogP contribution in [0.4, 0.5) is 5.69 Å². The van der Waals surface area contributed by atoms with Crippen molar-refractivity contribution in [3.05, 3.63) is 29.8 Å². The van der Waals surface area contributed by atoms with Gasteiger partial charge in [0.1, 0.15) is 0 Å². The molecule has 25 heavy (non-hydrogen) atoms. The quantitative estimate of drug-likeness (QED) is 0.720. The van der Waals surface area contributed by atoms with E-state index >= 15 is 0 Å². The monoisotopic (exact) mass is 349 g/mol. The van der Waals surface area contributed by atoms with Crippen molar-refractivity contribution in [2.24, 2.45) is 5.92 Å². The van der Waals surface area contributed by atoms with Crippen molar-refractivity contribution in [3.8, 4) is 0 Å². The number of carbonyl (C=O) groups excluding carboxylic acids is 3. The van der Waals surface area contributed by atoms with Crippen LogP contribution in [0.2, 0.25) is 0 Å². The van der Waals surface area contributed by atoms with Gasteiger partial charge < -0.3 is 19.7 Å². The summed E-state index contributed by atoms with van der Waals surface area (Å²) in [5.74, 6) is -0.670. The zero-order chi connectivity index (χ0) is 18.2. The Bertz CT molecular complexity index is 606. The maximum Gasteiger partial charge on any atom is 0.337 e. The highest BCUT2D eigenvalue weighted by atomic mass is 16.5. The number of hydrogen-bond donors (Lipinski definition) is 2. The van der Waals surface area contributed by atoms with Crippen LogP contribution in [0.3, 0.4) is 0 Å². The maximum atomic E-state index is 12.2. The van der Waals surface area contributed by atoms with Gasteiger partial charge >= 0.3 is 11.9 Å². The fourth-order valence-corrected chi connectivity index (χ4v) is 2.94. The molecule has 7 nitrogen and oxygen atoms in total. The van der Waals surface area contributed by atoms with Crippen molar-refractivity contribution < 1.29 is 28.8 Å². The van der Waals surface area contributed by atoms with Gasteiger partial charge in [0.05, 0.1) is 38.3 Å². The van der Waals surface area contributed by atoms with Crippen molar-refractivity contribution in [2.75, 3.05) is 38.7 Å². The Kier molecular flexibility index (Phi) is 6.94. The third-order valence-electron chi connectivity index (χ3n) is 4.31. The van der Waals surface area contributed by atoms with Crippen molar-refractivity contribution >= 4 is 23.5 Å². The number of likely N-dealkylation sites (tertiary alicyclic amines) is 1. The molecular weight excluding hydrogens is 324 g/mol. The molecule has 1 fully saturated rings. The SMILES string of the molecule is CCOC(=O)C1CC[NH+](CC(=O)Nc2ccc(C(=O)OC)cc2)CC1. The first-order valence-electron chi connectivity index (χ1n) is 8.52. The van der Waals surface area contributed by atoms with Crippen molar-refractivity contribution in [1.82, 2.24) is 0 Å². The molecule has 0 aliphatic carbocycles. The second-order valence-corrected chi connectivity index (χ2v) is 6.07. The van der Waals surface area contributed by atoms with Crippen LogP contribution in [-0.4, -0.2) is 51.2 Å². The number of carbonyl (C=O) groups is 3. The summed E-state index contributed by atoms with van der Waals surface area (Å²) < 4.78 is 9.69. The third-order valence-corrected chi connectivity index (χ3v) is 4.31. The molecule has 1 heterocycles. The van der Waals surface area contributed by atoms with Crippen LogP contribution in [0.5, 0.6) is 0 Å². The largest absolute Gasteiger partial charge is 0.466 e. The Hall–Kier alpha value is -2.41. The number of benzene rings is 1. The van der Waals surface area contributed by atoms with Crippen LogP contribution in [-0.2, 0) is 19.1 Å². The summed E-state index contributed by atoms with van der Waals surface area (Å²) in [5, 5.41) is 2.82. The minimum Gasteiger partial charge on any atom is -0.466 e. The van der Waals surface area contributed by atoms with Crippen molar-refractivity contribution in [2.45, 2.75) is 19.8 Å². The molecule has 0 radical (unpaired) electrons. The average molecular weight is 349 g/mol. The smallest absolute Gasteiger partial charge is 0.337 e. The molecule has 0 atom stereocenters. The number of esters is 2. The number of quaternary nitrogens is 1. The summed E-state index contributed by atoms with van der Waals surface area (Å²) >= 11 is 0. The Morgan fingerprint density at radius 2 is 1.80 bits per heavy atom. The summed E-state index contributed by atoms with van der Waals surface area (Å²) in [6.07, 6.45) is 1.49. The molecule has 7 heteroatoms. The number of piperidine rings is 1. The summed E-state index contributed by atoms with van der Waals surface area (Å²) in [7, 11) is 1.33. The first-order chi connectivity index (χ1) is 12.0. The highest BCUT2D eigenvalue weighted by molar-refractivity contribution is 5.93. The molecule has 0 saturated carbocycles. The lowest BCUT2D eigenvalue weighted by Gasteiger charge is -2.27. The Balaban J connectivity index is 1.77. The van der Waals surface area contributed by atoms with Crippen LogP contribution >= 0.6 is 0 Å². The molecule has 1 aliphatic rings. The number of amides is 1. The van der Waals surface area contributed by atoms with Crippen molar-refractivity contribution in [3.63, 3.8) is 0 Å². The number of hydrogen-bond acceptors (Lipinski definition) is 5. The fraction of sp³-hybridized carbons (Fsp3) is 0.500. The summed E-state index contributed by atoms with van der Waals surface area (Å²) in [5.41, 5.74) is 1.07. The lowest BCUT2D eigenvalue weighted by atomic mass is 9.97. The molecule has 1 aliphatic heterocycles. The number of rotatable bonds is 6. The number of ether oxygens (including phenoxy) is 2. The molecular formula is C18H25N2O5+. The molecule has 1 amide bonds. The zero-order valence-electron chi connectivity index (χ0n) is 14.7. The zero-order valence-corrected chi connectivity index (χ0v) is 14.7. The molecule has 1 aromatic carbocycles. The van der Waals surface area contributed by atoms with Gasteiger partial charge in [-0.25, -0.2) is 4.79 Å². The van der Waals surface area contributed by atoms with Crippen LogP contribution < -0.4 is 10.2 Å². The van der Waals surface area contributed by atoms with E-state index in [-0.39, 0.29) is 17.8 Å². The minimum atomic E-state index is -0.410. The second-order valence-electron chi connectivity index (χ2n) is 6.07. The first kappa shape index (κ1) is 18.9. The molecule has 0 aromatic heterocycles. The summed E-state index contributed by atoms with van der Waals surface area (Å²) in [4.78, 5) is 36.4. The highest BCUT2D eigenvalue weighted by Gasteiger charge is 2.29. The summed E-state index contributed by atoms with van der Waals surface area (Å²) in [6, 6.07) is 6.57. The van der Waals surface area contributed by atoms with E-state index in [4.69, 9.17) is 4.74 Å². The maximum absolute atomic E-state index is 12.2. The van der Waals surface area contributed by atoms with E-state index in [1.807, 2.05) is 0 Å². The van der Waals surface area contributed by atoms with Crippen LogP contribution in [0.25, 0.3) is 0 Å². The van der Waals surface area contributed by atoms with Crippen LogP contribution in [0.1, 0.15) is 30.1 Å². The minimum absolute atomic E-state index is 0.0439. The Morgan fingerprint density at radius 3 is 2.36 bits per heavy atom. The van der Waals surface area contributed by atoms with Gasteiger partial charge in [-0.3, -0.25) is 9.59 Å². The van der Waals surface area contributed by atoms with Gasteiger partial charge in [-0.1, -0.05) is 0 Å². The lowest BCUT2D eigenvalue weighted by Crippen LogP contribution is -3.14.